The Morgan fingerprint density at radius 1 is 1.33 bits per heavy atom. The van der Waals surface area contributed by atoms with Gasteiger partial charge in [-0.25, -0.2) is 0 Å². The van der Waals surface area contributed by atoms with Gasteiger partial charge in [-0.1, -0.05) is 19.8 Å². The highest BCUT2D eigenvalue weighted by molar-refractivity contribution is 14.0. The average Bonchev–Trinajstić information content (AvgIpc) is 3.35. The minimum atomic E-state index is -0.227. The minimum Gasteiger partial charge on any atom is -0.392 e. The molecule has 0 aromatic rings. The molecule has 2 rings (SSSR count). The van der Waals surface area contributed by atoms with Crippen molar-refractivity contribution in [3.05, 3.63) is 0 Å². The van der Waals surface area contributed by atoms with E-state index in [-0.39, 0.29) is 35.5 Å². The van der Waals surface area contributed by atoms with Crippen LogP contribution >= 0.6 is 24.0 Å². The molecule has 24 heavy (non-hydrogen) atoms. The second-order valence-electron chi connectivity index (χ2n) is 7.53. The first-order valence-electron chi connectivity index (χ1n) is 9.30. The Labute approximate surface area is 164 Å². The van der Waals surface area contributed by atoms with E-state index in [0.717, 1.165) is 57.4 Å². The van der Waals surface area contributed by atoms with Crippen molar-refractivity contribution in [1.82, 2.24) is 10.2 Å². The molecule has 2 aliphatic rings. The van der Waals surface area contributed by atoms with Crippen molar-refractivity contribution < 1.29 is 9.84 Å². The average molecular weight is 453 g/mol. The summed E-state index contributed by atoms with van der Waals surface area (Å²) in [7, 11) is 2.06. The maximum absolute atomic E-state index is 10.3. The molecule has 0 bridgehead atoms. The molecule has 0 amide bonds. The maximum Gasteiger partial charge on any atom is 0.193 e. The molecule has 0 spiro atoms. The van der Waals surface area contributed by atoms with E-state index in [9.17, 15) is 5.11 Å². The smallest absolute Gasteiger partial charge is 0.193 e. The molecule has 5 nitrogen and oxygen atoms in total. The number of hydrogen-bond donors (Lipinski definition) is 2. The number of ether oxygens (including phenoxy) is 1. The molecule has 0 aromatic heterocycles. The molecule has 2 fully saturated rings. The van der Waals surface area contributed by atoms with Crippen LogP contribution in [0.1, 0.15) is 52.4 Å². The zero-order valence-corrected chi connectivity index (χ0v) is 17.9. The summed E-state index contributed by atoms with van der Waals surface area (Å²) in [5.41, 5.74) is -0.0811. The summed E-state index contributed by atoms with van der Waals surface area (Å²) in [5, 5.41) is 13.7. The molecule has 6 heteroatoms. The number of nitrogens with one attached hydrogen (secondary N) is 1. The van der Waals surface area contributed by atoms with Crippen molar-refractivity contribution in [1.29, 1.82) is 0 Å². The van der Waals surface area contributed by atoms with Crippen LogP contribution in [0.4, 0.5) is 0 Å². The van der Waals surface area contributed by atoms with E-state index >= 15 is 0 Å². The number of guanidine groups is 1. The summed E-state index contributed by atoms with van der Waals surface area (Å²) in [4.78, 5) is 6.94. The van der Waals surface area contributed by atoms with Gasteiger partial charge >= 0.3 is 0 Å². The van der Waals surface area contributed by atoms with E-state index < -0.39 is 0 Å². The standard InChI is InChI=1S/C18H35N3O2.HI/c1-4-19-17(21(3)11-12-23-13-15-8-9-15)20-14-18(2)10-6-5-7-16(18)22;/h15-16,22H,4-14H2,1-3H3,(H,19,20);1H. The molecule has 0 saturated heterocycles. The number of aliphatic imine (C=N–C) groups is 1. The minimum absolute atomic E-state index is 0. The van der Waals surface area contributed by atoms with Crippen LogP contribution < -0.4 is 5.32 Å². The van der Waals surface area contributed by atoms with Crippen LogP contribution in [0, 0.1) is 11.3 Å². The highest BCUT2D eigenvalue weighted by atomic mass is 127. The molecular formula is C18H36IN3O2. The summed E-state index contributed by atoms with van der Waals surface area (Å²) in [6.07, 6.45) is 6.75. The Bertz CT molecular complexity index is 390. The molecule has 2 atom stereocenters. The van der Waals surface area contributed by atoms with Crippen molar-refractivity contribution in [2.24, 2.45) is 16.3 Å². The van der Waals surface area contributed by atoms with E-state index in [1.807, 2.05) is 0 Å². The van der Waals surface area contributed by atoms with Crippen molar-refractivity contribution in [3.8, 4) is 0 Å². The zero-order chi connectivity index (χ0) is 16.7. The van der Waals surface area contributed by atoms with Gasteiger partial charge in [-0.05, 0) is 38.5 Å². The highest BCUT2D eigenvalue weighted by Crippen LogP contribution is 2.36. The van der Waals surface area contributed by atoms with Crippen LogP contribution in [0.2, 0.25) is 0 Å². The Hall–Kier alpha value is -0.0800. The Morgan fingerprint density at radius 3 is 2.71 bits per heavy atom. The van der Waals surface area contributed by atoms with Crippen LogP contribution in [-0.2, 0) is 4.74 Å². The molecule has 2 saturated carbocycles. The van der Waals surface area contributed by atoms with E-state index in [1.165, 1.54) is 19.3 Å². The summed E-state index contributed by atoms with van der Waals surface area (Å²) in [6.45, 7) is 8.29. The van der Waals surface area contributed by atoms with E-state index in [4.69, 9.17) is 9.73 Å². The molecule has 0 aromatic carbocycles. The first kappa shape index (κ1) is 22.0. The Kier molecular flexibility index (Phi) is 9.89. The van der Waals surface area contributed by atoms with Crippen LogP contribution in [0.25, 0.3) is 0 Å². The lowest BCUT2D eigenvalue weighted by Crippen LogP contribution is -2.43. The summed E-state index contributed by atoms with van der Waals surface area (Å²) >= 11 is 0. The molecule has 0 radical (unpaired) electrons. The first-order chi connectivity index (χ1) is 11.0. The van der Waals surface area contributed by atoms with Gasteiger partial charge in [0.1, 0.15) is 0 Å². The third-order valence-electron chi connectivity index (χ3n) is 5.19. The molecule has 0 aliphatic heterocycles. The number of aliphatic hydroxyl groups excluding tert-OH is 1. The number of rotatable bonds is 8. The normalized spacial score (nSPS) is 27.5. The lowest BCUT2D eigenvalue weighted by Gasteiger charge is -2.37. The highest BCUT2D eigenvalue weighted by Gasteiger charge is 2.35. The van der Waals surface area contributed by atoms with Gasteiger partial charge in [-0.2, -0.15) is 0 Å². The van der Waals surface area contributed by atoms with Gasteiger partial charge in [-0.3, -0.25) is 4.99 Å². The monoisotopic (exact) mass is 453 g/mol. The summed E-state index contributed by atoms with van der Waals surface area (Å²) < 4.78 is 5.72. The van der Waals surface area contributed by atoms with Crippen molar-refractivity contribution in [2.75, 3.05) is 39.9 Å². The van der Waals surface area contributed by atoms with Crippen LogP contribution in [0.5, 0.6) is 0 Å². The molecular weight excluding hydrogens is 417 g/mol. The molecule has 2 N–H and O–H groups in total. The molecule has 142 valence electrons. The first-order valence-corrected chi connectivity index (χ1v) is 9.30. The van der Waals surface area contributed by atoms with E-state index in [1.54, 1.807) is 0 Å². The van der Waals surface area contributed by atoms with Crippen molar-refractivity contribution >= 4 is 29.9 Å². The van der Waals surface area contributed by atoms with Crippen LogP contribution in [-0.4, -0.2) is 62.0 Å². The third-order valence-corrected chi connectivity index (χ3v) is 5.19. The van der Waals surface area contributed by atoms with Gasteiger partial charge in [0.15, 0.2) is 5.96 Å². The van der Waals surface area contributed by atoms with Gasteiger partial charge in [0.05, 0.1) is 19.3 Å². The fourth-order valence-electron chi connectivity index (χ4n) is 3.13. The van der Waals surface area contributed by atoms with E-state index in [2.05, 4.69) is 31.1 Å². The maximum atomic E-state index is 10.3. The Morgan fingerprint density at radius 2 is 2.08 bits per heavy atom. The third kappa shape index (κ3) is 7.04. The zero-order valence-electron chi connectivity index (χ0n) is 15.6. The van der Waals surface area contributed by atoms with Crippen LogP contribution in [0.15, 0.2) is 4.99 Å². The number of likely N-dealkylation sites (N-methyl/N-ethyl adjacent to an activating group) is 1. The van der Waals surface area contributed by atoms with Gasteiger partial charge in [-0.15, -0.1) is 24.0 Å². The van der Waals surface area contributed by atoms with Gasteiger partial charge in [0.25, 0.3) is 0 Å². The van der Waals surface area contributed by atoms with Crippen molar-refractivity contribution in [3.63, 3.8) is 0 Å². The molecule has 2 unspecified atom stereocenters. The predicted octanol–water partition coefficient (Wildman–Crippen LogP) is 2.87. The van der Waals surface area contributed by atoms with Crippen molar-refractivity contribution in [2.45, 2.75) is 58.5 Å². The predicted molar refractivity (Wildman–Crippen MR) is 110 cm³/mol. The van der Waals surface area contributed by atoms with Gasteiger partial charge < -0.3 is 20.1 Å². The second-order valence-corrected chi connectivity index (χ2v) is 7.53. The largest absolute Gasteiger partial charge is 0.392 e. The quantitative estimate of drug-likeness (QED) is 0.257. The lowest BCUT2D eigenvalue weighted by molar-refractivity contribution is 0.00703. The fraction of sp³-hybridized carbons (Fsp3) is 0.944. The molecule has 0 heterocycles. The second kappa shape index (κ2) is 10.8. The molecule has 2 aliphatic carbocycles. The Balaban J connectivity index is 0.00000288. The number of aliphatic hydroxyl groups is 1. The van der Waals surface area contributed by atoms with E-state index in [0.29, 0.717) is 6.54 Å². The fourth-order valence-corrected chi connectivity index (χ4v) is 3.13. The topological polar surface area (TPSA) is 57.1 Å². The number of nitrogens with zero attached hydrogens (tertiary/aromatic N) is 2. The number of halogens is 1. The van der Waals surface area contributed by atoms with Crippen LogP contribution in [0.3, 0.4) is 0 Å². The summed E-state index contributed by atoms with van der Waals surface area (Å²) in [6, 6.07) is 0. The summed E-state index contributed by atoms with van der Waals surface area (Å²) in [5.74, 6) is 1.73. The van der Waals surface area contributed by atoms with Gasteiger partial charge in [0.2, 0.25) is 0 Å². The SMILES string of the molecule is CCNC(=NCC1(C)CCCCC1O)N(C)CCOCC1CC1.I. The number of hydrogen-bond acceptors (Lipinski definition) is 3. The van der Waals surface area contributed by atoms with Gasteiger partial charge in [0, 0.05) is 32.2 Å². The lowest BCUT2D eigenvalue weighted by atomic mass is 9.73.